The van der Waals surface area contributed by atoms with Crippen LogP contribution in [0.4, 0.5) is 23.7 Å². The van der Waals surface area contributed by atoms with Crippen LogP contribution in [0.25, 0.3) is 0 Å². The molecule has 0 aromatic heterocycles. The van der Waals surface area contributed by atoms with Crippen molar-refractivity contribution in [3.05, 3.63) is 65.0 Å². The Hall–Kier alpha value is -4.09. The summed E-state index contributed by atoms with van der Waals surface area (Å²) in [4.78, 5) is 55.5. The number of carbonyl (C=O) groups excluding carboxylic acids is 4. The molecule has 0 saturated carbocycles. The fourth-order valence-electron chi connectivity index (χ4n) is 4.56. The quantitative estimate of drug-likeness (QED) is 0.492. The van der Waals surface area contributed by atoms with Gasteiger partial charge in [0, 0.05) is 13.6 Å². The Kier molecular flexibility index (Phi) is 9.90. The summed E-state index contributed by atoms with van der Waals surface area (Å²) in [5, 5.41) is 4.92. The molecule has 0 spiro atoms. The molecule has 2 N–H and O–H groups in total. The highest BCUT2D eigenvalue weighted by Crippen LogP contribution is 2.33. The van der Waals surface area contributed by atoms with Crippen LogP contribution in [-0.2, 0) is 25.5 Å². The van der Waals surface area contributed by atoms with Gasteiger partial charge in [-0.2, -0.15) is 0 Å². The van der Waals surface area contributed by atoms with Crippen molar-refractivity contribution in [2.24, 2.45) is 5.92 Å². The highest BCUT2D eigenvalue weighted by atomic mass is 19.1. The molecule has 0 radical (unpaired) electrons. The lowest BCUT2D eigenvalue weighted by molar-refractivity contribution is -0.144. The van der Waals surface area contributed by atoms with E-state index in [0.717, 1.165) is 29.2 Å². The topological polar surface area (TPSA) is 108 Å². The van der Waals surface area contributed by atoms with Crippen molar-refractivity contribution in [2.75, 3.05) is 18.9 Å². The minimum atomic E-state index is -1.37. The first-order valence-corrected chi connectivity index (χ1v) is 13.6. The van der Waals surface area contributed by atoms with E-state index in [1.165, 1.54) is 31.0 Å². The number of ether oxygens (including phenoxy) is 1. The molecule has 0 saturated heterocycles. The Balaban J connectivity index is 1.91. The molecular weight excluding hydrogens is 553 g/mol. The van der Waals surface area contributed by atoms with Gasteiger partial charge in [-0.25, -0.2) is 18.0 Å². The number of carbonyl (C=O) groups is 4. The summed E-state index contributed by atoms with van der Waals surface area (Å²) in [5.74, 6) is -5.18. The van der Waals surface area contributed by atoms with E-state index in [-0.39, 0.29) is 18.5 Å². The fraction of sp³-hybridized carbons (Fsp3) is 0.467. The zero-order valence-corrected chi connectivity index (χ0v) is 24.8. The molecule has 2 aromatic carbocycles. The number of anilines is 1. The molecule has 3 atom stereocenters. The first-order valence-electron chi connectivity index (χ1n) is 13.6. The summed E-state index contributed by atoms with van der Waals surface area (Å²) in [5.41, 5.74) is -0.716. The molecule has 1 heterocycles. The average molecular weight is 591 g/mol. The zero-order chi connectivity index (χ0) is 31.5. The smallest absolute Gasteiger partial charge is 0.410 e. The summed E-state index contributed by atoms with van der Waals surface area (Å²) in [6.45, 7) is 9.91. The number of nitrogens with zero attached hydrogens (tertiary/aromatic N) is 2. The van der Waals surface area contributed by atoms with E-state index in [1.54, 1.807) is 34.6 Å². The van der Waals surface area contributed by atoms with Gasteiger partial charge >= 0.3 is 6.09 Å². The SMILES string of the molecule is CC(C)[C@H](NC(=O)C(C)N(C)C(=O)OC(C)(C)C)C(=O)N1CCc2cc(F)ccc2[C@H]1C(=O)Nc1c(F)cccc1F. The molecule has 1 aliphatic heterocycles. The molecule has 1 aliphatic rings. The number of para-hydroxylation sites is 1. The maximum atomic E-state index is 14.4. The second-order valence-corrected chi connectivity index (χ2v) is 11.6. The molecule has 4 amide bonds. The third kappa shape index (κ3) is 7.40. The van der Waals surface area contributed by atoms with Crippen molar-refractivity contribution in [3.8, 4) is 0 Å². The Bertz CT molecular complexity index is 1340. The Morgan fingerprint density at radius 3 is 2.21 bits per heavy atom. The second kappa shape index (κ2) is 12.8. The van der Waals surface area contributed by atoms with E-state index in [2.05, 4.69) is 10.6 Å². The van der Waals surface area contributed by atoms with Gasteiger partial charge in [0.15, 0.2) is 0 Å². The van der Waals surface area contributed by atoms with Gasteiger partial charge in [-0.3, -0.25) is 19.3 Å². The Morgan fingerprint density at radius 2 is 1.64 bits per heavy atom. The summed E-state index contributed by atoms with van der Waals surface area (Å²) in [7, 11) is 1.40. The second-order valence-electron chi connectivity index (χ2n) is 11.6. The van der Waals surface area contributed by atoms with Crippen molar-refractivity contribution in [3.63, 3.8) is 0 Å². The molecule has 0 aliphatic carbocycles. The number of fused-ring (bicyclic) bond motifs is 1. The standard InChI is InChI=1S/C30H37F3N4O5/c1-16(2)23(34-26(38)17(3)36(7)29(41)42-30(4,5)6)28(40)37-14-13-18-15-19(31)11-12-20(18)25(37)27(39)35-24-21(32)9-8-10-22(24)33/h8-12,15-17,23,25H,13-14H2,1-7H3,(H,34,38)(H,35,39)/t17?,23-,25-/m0/s1. The minimum Gasteiger partial charge on any atom is -0.444 e. The molecule has 12 heteroatoms. The van der Waals surface area contributed by atoms with Crippen LogP contribution in [-0.4, -0.2) is 64.9 Å². The summed E-state index contributed by atoms with van der Waals surface area (Å²) in [6.07, 6.45) is -0.526. The Morgan fingerprint density at radius 1 is 1.02 bits per heavy atom. The highest BCUT2D eigenvalue weighted by molar-refractivity contribution is 6.00. The fourth-order valence-corrected chi connectivity index (χ4v) is 4.56. The lowest BCUT2D eigenvalue weighted by atomic mass is 9.90. The van der Waals surface area contributed by atoms with Crippen molar-refractivity contribution < 1.29 is 37.1 Å². The van der Waals surface area contributed by atoms with E-state index in [4.69, 9.17) is 4.74 Å². The van der Waals surface area contributed by atoms with Gasteiger partial charge in [-0.05, 0) is 75.4 Å². The number of hydrogen-bond acceptors (Lipinski definition) is 5. The largest absolute Gasteiger partial charge is 0.444 e. The lowest BCUT2D eigenvalue weighted by Gasteiger charge is -2.39. The van der Waals surface area contributed by atoms with Crippen LogP contribution in [0.15, 0.2) is 36.4 Å². The van der Waals surface area contributed by atoms with Crippen molar-refractivity contribution in [2.45, 2.75) is 71.7 Å². The van der Waals surface area contributed by atoms with Crippen LogP contribution in [0.3, 0.4) is 0 Å². The van der Waals surface area contributed by atoms with Crippen LogP contribution >= 0.6 is 0 Å². The van der Waals surface area contributed by atoms with E-state index in [1.807, 2.05) is 0 Å². The van der Waals surface area contributed by atoms with Crippen LogP contribution in [0.2, 0.25) is 0 Å². The first kappa shape index (κ1) is 32.4. The Labute approximate surface area is 243 Å². The van der Waals surface area contributed by atoms with E-state index >= 15 is 0 Å². The van der Waals surface area contributed by atoms with Crippen molar-refractivity contribution in [1.29, 1.82) is 0 Å². The minimum absolute atomic E-state index is 0.0282. The number of hydrogen-bond donors (Lipinski definition) is 2. The normalized spacial score (nSPS) is 16.3. The molecule has 0 fully saturated rings. The van der Waals surface area contributed by atoms with Gasteiger partial charge in [0.05, 0.1) is 0 Å². The van der Waals surface area contributed by atoms with Crippen LogP contribution < -0.4 is 10.6 Å². The van der Waals surface area contributed by atoms with Crippen LogP contribution in [0.1, 0.15) is 58.7 Å². The molecule has 0 bridgehead atoms. The van der Waals surface area contributed by atoms with Gasteiger partial charge in [-0.15, -0.1) is 0 Å². The maximum absolute atomic E-state index is 14.4. The summed E-state index contributed by atoms with van der Waals surface area (Å²) in [6, 6.07) is 3.32. The van der Waals surface area contributed by atoms with Gasteiger partial charge in [0.25, 0.3) is 5.91 Å². The lowest BCUT2D eigenvalue weighted by Crippen LogP contribution is -2.58. The highest BCUT2D eigenvalue weighted by Gasteiger charge is 2.41. The maximum Gasteiger partial charge on any atom is 0.410 e. The van der Waals surface area contributed by atoms with Crippen LogP contribution in [0.5, 0.6) is 0 Å². The molecule has 2 aromatic rings. The number of nitrogens with one attached hydrogen (secondary N) is 2. The number of likely N-dealkylation sites (N-methyl/N-ethyl adjacent to an activating group) is 1. The summed E-state index contributed by atoms with van der Waals surface area (Å²) < 4.78 is 48.1. The van der Waals surface area contributed by atoms with Gasteiger partial charge < -0.3 is 20.3 Å². The van der Waals surface area contributed by atoms with E-state index < -0.39 is 76.6 Å². The molecule has 228 valence electrons. The van der Waals surface area contributed by atoms with Crippen molar-refractivity contribution >= 4 is 29.5 Å². The number of amides is 4. The molecule has 3 rings (SSSR count). The molecule has 42 heavy (non-hydrogen) atoms. The number of halogens is 3. The van der Waals surface area contributed by atoms with Gasteiger partial charge in [-0.1, -0.05) is 26.0 Å². The summed E-state index contributed by atoms with van der Waals surface area (Å²) >= 11 is 0. The van der Waals surface area contributed by atoms with E-state index in [0.29, 0.717) is 5.56 Å². The number of benzene rings is 2. The molecule has 1 unspecified atom stereocenters. The van der Waals surface area contributed by atoms with Gasteiger partial charge in [0.1, 0.15) is 46.9 Å². The first-order chi connectivity index (χ1) is 19.5. The molecular formula is C30H37F3N4O5. The third-order valence-electron chi connectivity index (χ3n) is 6.95. The van der Waals surface area contributed by atoms with E-state index in [9.17, 15) is 32.3 Å². The monoisotopic (exact) mass is 590 g/mol. The zero-order valence-electron chi connectivity index (χ0n) is 24.8. The third-order valence-corrected chi connectivity index (χ3v) is 6.95. The molecule has 9 nitrogen and oxygen atoms in total. The average Bonchev–Trinajstić information content (AvgIpc) is 2.90. The number of rotatable bonds is 7. The van der Waals surface area contributed by atoms with Gasteiger partial charge in [0.2, 0.25) is 11.8 Å². The van der Waals surface area contributed by atoms with Crippen molar-refractivity contribution in [1.82, 2.24) is 15.1 Å². The predicted molar refractivity (Wildman–Crippen MR) is 150 cm³/mol. The predicted octanol–water partition coefficient (Wildman–Crippen LogP) is 4.56. The van der Waals surface area contributed by atoms with Crippen LogP contribution in [0, 0.1) is 23.4 Å².